The van der Waals surface area contributed by atoms with E-state index < -0.39 is 0 Å². The Hall–Kier alpha value is -0.810. The zero-order valence-corrected chi connectivity index (χ0v) is 15.0. The van der Waals surface area contributed by atoms with Gasteiger partial charge in [0.1, 0.15) is 0 Å². The van der Waals surface area contributed by atoms with Gasteiger partial charge in [-0.3, -0.25) is 9.69 Å². The van der Waals surface area contributed by atoms with Crippen molar-refractivity contribution in [1.82, 2.24) is 10.2 Å². The van der Waals surface area contributed by atoms with Gasteiger partial charge in [0.25, 0.3) is 0 Å². The van der Waals surface area contributed by atoms with E-state index in [0.29, 0.717) is 29.7 Å². The first-order valence-electron chi connectivity index (χ1n) is 8.03. The molecule has 1 atom stereocenters. The predicted molar refractivity (Wildman–Crippen MR) is 94.0 cm³/mol. The van der Waals surface area contributed by atoms with Gasteiger partial charge in [-0.2, -0.15) is 0 Å². The van der Waals surface area contributed by atoms with Gasteiger partial charge in [-0.25, -0.2) is 0 Å². The topological polar surface area (TPSA) is 41.6 Å². The van der Waals surface area contributed by atoms with Gasteiger partial charge in [0.05, 0.1) is 5.92 Å². The van der Waals surface area contributed by atoms with Crippen molar-refractivity contribution >= 4 is 29.1 Å². The zero-order chi connectivity index (χ0) is 16.7. The van der Waals surface area contributed by atoms with Gasteiger partial charge in [-0.05, 0) is 37.9 Å². The highest BCUT2D eigenvalue weighted by molar-refractivity contribution is 6.35. The van der Waals surface area contributed by atoms with Crippen LogP contribution in [0.1, 0.15) is 24.8 Å². The maximum atomic E-state index is 12.3. The van der Waals surface area contributed by atoms with E-state index in [9.17, 15) is 4.79 Å². The second kappa shape index (κ2) is 9.48. The van der Waals surface area contributed by atoms with Gasteiger partial charge < -0.3 is 10.1 Å². The molecule has 1 aliphatic heterocycles. The molecule has 4 nitrogen and oxygen atoms in total. The lowest BCUT2D eigenvalue weighted by Crippen LogP contribution is -2.43. The lowest BCUT2D eigenvalue weighted by Gasteiger charge is -2.32. The summed E-state index contributed by atoms with van der Waals surface area (Å²) in [6.45, 7) is 3.74. The Balaban J connectivity index is 1.87. The Morgan fingerprint density at radius 1 is 1.39 bits per heavy atom. The number of amides is 1. The van der Waals surface area contributed by atoms with Crippen molar-refractivity contribution in [2.45, 2.75) is 25.8 Å². The van der Waals surface area contributed by atoms with Crippen LogP contribution in [0.5, 0.6) is 0 Å². The molecule has 23 heavy (non-hydrogen) atoms. The number of carbonyl (C=O) groups is 1. The molecule has 0 spiro atoms. The number of nitrogens with zero attached hydrogens (tertiary/aromatic N) is 1. The maximum Gasteiger partial charge on any atom is 0.224 e. The maximum absolute atomic E-state index is 12.3. The summed E-state index contributed by atoms with van der Waals surface area (Å²) in [5.74, 6) is 0.170. The number of rotatable bonds is 7. The lowest BCUT2D eigenvalue weighted by molar-refractivity contribution is -0.126. The van der Waals surface area contributed by atoms with Crippen molar-refractivity contribution in [2.24, 2.45) is 5.92 Å². The quantitative estimate of drug-likeness (QED) is 0.759. The number of benzene rings is 1. The minimum atomic E-state index is 0.0348. The van der Waals surface area contributed by atoms with Crippen molar-refractivity contribution in [1.29, 1.82) is 0 Å². The molecule has 1 aromatic rings. The highest BCUT2D eigenvalue weighted by atomic mass is 35.5. The van der Waals surface area contributed by atoms with Crippen molar-refractivity contribution in [3.63, 3.8) is 0 Å². The van der Waals surface area contributed by atoms with Crippen molar-refractivity contribution in [2.75, 3.05) is 33.4 Å². The summed E-state index contributed by atoms with van der Waals surface area (Å²) in [5.41, 5.74) is 0.942. The summed E-state index contributed by atoms with van der Waals surface area (Å²) in [6, 6.07) is 5.56. The number of ether oxygens (including phenoxy) is 1. The fourth-order valence-electron chi connectivity index (χ4n) is 2.89. The van der Waals surface area contributed by atoms with Gasteiger partial charge in [0.15, 0.2) is 0 Å². The summed E-state index contributed by atoms with van der Waals surface area (Å²) < 4.78 is 4.99. The van der Waals surface area contributed by atoms with Crippen molar-refractivity contribution < 1.29 is 9.53 Å². The average molecular weight is 359 g/mol. The summed E-state index contributed by atoms with van der Waals surface area (Å²) >= 11 is 12.5. The highest BCUT2D eigenvalue weighted by Crippen LogP contribution is 2.27. The Kier molecular flexibility index (Phi) is 7.63. The van der Waals surface area contributed by atoms with Gasteiger partial charge in [0, 0.05) is 49.0 Å². The number of halogens is 2. The normalized spacial score (nSPS) is 18.8. The molecule has 0 aliphatic carbocycles. The summed E-state index contributed by atoms with van der Waals surface area (Å²) in [6.07, 6.45) is 2.79. The van der Waals surface area contributed by atoms with E-state index >= 15 is 0 Å². The zero-order valence-electron chi connectivity index (χ0n) is 13.5. The molecule has 1 fully saturated rings. The van der Waals surface area contributed by atoms with E-state index in [2.05, 4.69) is 10.2 Å². The van der Waals surface area contributed by atoms with Crippen LogP contribution >= 0.6 is 23.2 Å². The smallest absolute Gasteiger partial charge is 0.224 e. The van der Waals surface area contributed by atoms with Crippen LogP contribution in [0.4, 0.5) is 0 Å². The summed E-state index contributed by atoms with van der Waals surface area (Å²) in [7, 11) is 1.67. The van der Waals surface area contributed by atoms with Crippen LogP contribution < -0.4 is 5.32 Å². The molecule has 0 aromatic heterocycles. The molecular weight excluding hydrogens is 335 g/mol. The van der Waals surface area contributed by atoms with Crippen LogP contribution in [0, 0.1) is 5.92 Å². The third-order valence-electron chi connectivity index (χ3n) is 4.14. The molecule has 1 N–H and O–H groups in total. The molecule has 0 radical (unpaired) electrons. The van der Waals surface area contributed by atoms with Crippen molar-refractivity contribution in [3.8, 4) is 0 Å². The largest absolute Gasteiger partial charge is 0.385 e. The molecule has 128 valence electrons. The van der Waals surface area contributed by atoms with E-state index in [0.717, 1.165) is 37.9 Å². The number of hydrogen-bond donors (Lipinski definition) is 1. The van der Waals surface area contributed by atoms with Crippen LogP contribution in [0.25, 0.3) is 0 Å². The average Bonchev–Trinajstić information content (AvgIpc) is 2.55. The molecule has 1 aliphatic rings. The van der Waals surface area contributed by atoms with Gasteiger partial charge >= 0.3 is 0 Å². The molecule has 0 bridgehead atoms. The first-order chi connectivity index (χ1) is 11.1. The molecule has 2 rings (SSSR count). The van der Waals surface area contributed by atoms with Crippen LogP contribution in [0.2, 0.25) is 10.0 Å². The second-order valence-corrected chi connectivity index (χ2v) is 6.73. The van der Waals surface area contributed by atoms with Crippen LogP contribution in [-0.4, -0.2) is 44.2 Å². The number of carbonyl (C=O) groups excluding carboxylic acids is 1. The lowest BCUT2D eigenvalue weighted by atomic mass is 9.96. The third-order valence-corrected chi connectivity index (χ3v) is 4.85. The molecule has 1 unspecified atom stereocenters. The molecule has 0 saturated carbocycles. The Bertz CT molecular complexity index is 505. The van der Waals surface area contributed by atoms with Gasteiger partial charge in [0.2, 0.25) is 5.91 Å². The molecule has 1 heterocycles. The Morgan fingerprint density at radius 3 is 2.83 bits per heavy atom. The Labute approximate surface area is 148 Å². The van der Waals surface area contributed by atoms with Crippen LogP contribution in [-0.2, 0) is 16.1 Å². The molecule has 6 heteroatoms. The standard InChI is InChI=1S/C17H24Cl2N2O2/c1-23-10-4-8-20-17(22)13-5-3-9-21(11-13)12-14-15(18)6-2-7-16(14)19/h2,6-7,13H,3-5,8-12H2,1H3,(H,20,22). The summed E-state index contributed by atoms with van der Waals surface area (Å²) in [5, 5.41) is 4.36. The highest BCUT2D eigenvalue weighted by Gasteiger charge is 2.26. The first-order valence-corrected chi connectivity index (χ1v) is 8.79. The van der Waals surface area contributed by atoms with E-state index in [1.165, 1.54) is 0 Å². The third kappa shape index (κ3) is 5.64. The number of nitrogens with one attached hydrogen (secondary N) is 1. The van der Waals surface area contributed by atoms with Crippen molar-refractivity contribution in [3.05, 3.63) is 33.8 Å². The molecule has 1 saturated heterocycles. The SMILES string of the molecule is COCCCNC(=O)C1CCCN(Cc2c(Cl)cccc2Cl)C1. The van der Waals surface area contributed by atoms with Crippen LogP contribution in [0.15, 0.2) is 18.2 Å². The molecule has 1 amide bonds. The van der Waals surface area contributed by atoms with Crippen LogP contribution in [0.3, 0.4) is 0 Å². The summed E-state index contributed by atoms with van der Waals surface area (Å²) in [4.78, 5) is 14.5. The second-order valence-electron chi connectivity index (χ2n) is 5.91. The number of hydrogen-bond acceptors (Lipinski definition) is 3. The number of methoxy groups -OCH3 is 1. The molecular formula is C17H24Cl2N2O2. The van der Waals surface area contributed by atoms with E-state index in [-0.39, 0.29) is 11.8 Å². The fourth-order valence-corrected chi connectivity index (χ4v) is 3.41. The minimum Gasteiger partial charge on any atom is -0.385 e. The van der Waals surface area contributed by atoms with E-state index in [4.69, 9.17) is 27.9 Å². The monoisotopic (exact) mass is 358 g/mol. The van der Waals surface area contributed by atoms with E-state index in [1.54, 1.807) is 7.11 Å². The van der Waals surface area contributed by atoms with Gasteiger partial charge in [-0.15, -0.1) is 0 Å². The number of piperidine rings is 1. The minimum absolute atomic E-state index is 0.0348. The van der Waals surface area contributed by atoms with E-state index in [1.807, 2.05) is 18.2 Å². The molecule has 1 aromatic carbocycles. The predicted octanol–water partition coefficient (Wildman–Crippen LogP) is 3.36. The number of likely N-dealkylation sites (tertiary alicyclic amines) is 1. The Morgan fingerprint density at radius 2 is 2.13 bits per heavy atom. The first kappa shape index (κ1) is 18.5. The van der Waals surface area contributed by atoms with Gasteiger partial charge in [-0.1, -0.05) is 29.3 Å². The fraction of sp³-hybridized carbons (Fsp3) is 0.588.